The van der Waals surface area contributed by atoms with Crippen molar-refractivity contribution in [2.75, 3.05) is 27.2 Å². The molecule has 0 spiro atoms. The summed E-state index contributed by atoms with van der Waals surface area (Å²) >= 11 is 0. The number of carbonyl (C=O) groups excluding carboxylic acids is 1. The van der Waals surface area contributed by atoms with Crippen molar-refractivity contribution < 1.29 is 4.79 Å². The van der Waals surface area contributed by atoms with Crippen LogP contribution in [0.3, 0.4) is 0 Å². The second-order valence-corrected chi connectivity index (χ2v) is 9.81. The molecule has 0 radical (unpaired) electrons. The minimum absolute atomic E-state index is 0.0951. The quantitative estimate of drug-likeness (QED) is 0.454. The highest BCUT2D eigenvalue weighted by atomic mass is 16.2. The number of fused-ring (bicyclic) bond motifs is 1. The average molecular weight is 463 g/mol. The summed E-state index contributed by atoms with van der Waals surface area (Å²) in [5, 5.41) is 0.577. The molecule has 1 unspecified atom stereocenters. The smallest absolute Gasteiger partial charge is 0.266 e. The molecule has 1 amide bonds. The zero-order valence-corrected chi connectivity index (χ0v) is 21.6. The van der Waals surface area contributed by atoms with Gasteiger partial charge in [0.25, 0.3) is 5.56 Å². The van der Waals surface area contributed by atoms with Crippen LogP contribution >= 0.6 is 0 Å². The summed E-state index contributed by atoms with van der Waals surface area (Å²) in [6, 6.07) is 13.2. The first-order valence-corrected chi connectivity index (χ1v) is 12.2. The van der Waals surface area contributed by atoms with Crippen LogP contribution in [0.25, 0.3) is 16.6 Å². The fourth-order valence-electron chi connectivity index (χ4n) is 4.26. The Morgan fingerprint density at radius 1 is 1.03 bits per heavy atom. The fourth-order valence-corrected chi connectivity index (χ4v) is 4.26. The molecule has 0 saturated heterocycles. The largest absolute Gasteiger partial charge is 0.331 e. The number of carbonyl (C=O) groups is 1. The third-order valence-corrected chi connectivity index (χ3v) is 6.30. The van der Waals surface area contributed by atoms with Crippen LogP contribution in [0.4, 0.5) is 0 Å². The van der Waals surface area contributed by atoms with E-state index in [9.17, 15) is 9.59 Å². The summed E-state index contributed by atoms with van der Waals surface area (Å²) in [5.41, 5.74) is 3.61. The van der Waals surface area contributed by atoms with Crippen molar-refractivity contribution in [1.29, 1.82) is 0 Å². The molecule has 0 fully saturated rings. The van der Waals surface area contributed by atoms with Crippen LogP contribution in [0.5, 0.6) is 0 Å². The van der Waals surface area contributed by atoms with Crippen molar-refractivity contribution in [3.05, 3.63) is 69.8 Å². The highest BCUT2D eigenvalue weighted by Crippen LogP contribution is 2.27. The van der Waals surface area contributed by atoms with E-state index in [4.69, 9.17) is 4.98 Å². The molecule has 2 aromatic carbocycles. The van der Waals surface area contributed by atoms with Gasteiger partial charge in [0.05, 0.1) is 22.6 Å². The van der Waals surface area contributed by atoms with E-state index in [0.717, 1.165) is 17.8 Å². The molecule has 0 aliphatic heterocycles. The molecule has 0 N–H and O–H groups in total. The van der Waals surface area contributed by atoms with Gasteiger partial charge >= 0.3 is 0 Å². The molecule has 0 aliphatic rings. The van der Waals surface area contributed by atoms with E-state index in [1.165, 1.54) is 5.56 Å². The standard InChI is InChI=1S/C28H38N4O2/c1-8-25(31(16-15-30(6)7)26(33)17-19(2)3)27-29-24-12-10-9-11-23(24)28(34)32(27)22-14-13-20(4)21(5)18-22/h9-14,18-19,25H,8,15-17H2,1-7H3. The normalized spacial score (nSPS) is 12.5. The van der Waals surface area contributed by atoms with Crippen LogP contribution in [-0.4, -0.2) is 52.4 Å². The van der Waals surface area contributed by atoms with Gasteiger partial charge in [-0.15, -0.1) is 0 Å². The van der Waals surface area contributed by atoms with Crippen molar-refractivity contribution in [2.24, 2.45) is 5.92 Å². The Balaban J connectivity index is 2.27. The zero-order valence-electron chi connectivity index (χ0n) is 21.6. The Morgan fingerprint density at radius 3 is 2.35 bits per heavy atom. The number of hydrogen-bond donors (Lipinski definition) is 0. The first-order chi connectivity index (χ1) is 16.1. The molecule has 0 bridgehead atoms. The van der Waals surface area contributed by atoms with Crippen molar-refractivity contribution >= 4 is 16.8 Å². The lowest BCUT2D eigenvalue weighted by atomic mass is 10.1. The molecule has 3 rings (SSSR count). The second-order valence-electron chi connectivity index (χ2n) is 9.81. The van der Waals surface area contributed by atoms with Crippen LogP contribution in [0, 0.1) is 19.8 Å². The lowest BCUT2D eigenvalue weighted by Crippen LogP contribution is -2.42. The van der Waals surface area contributed by atoms with Gasteiger partial charge < -0.3 is 9.80 Å². The number of nitrogens with zero attached hydrogens (tertiary/aromatic N) is 4. The van der Waals surface area contributed by atoms with Crippen molar-refractivity contribution in [3.63, 3.8) is 0 Å². The van der Waals surface area contributed by atoms with E-state index in [1.54, 1.807) is 4.57 Å². The number of aryl methyl sites for hydroxylation is 2. The van der Waals surface area contributed by atoms with Gasteiger partial charge in [0.1, 0.15) is 5.82 Å². The van der Waals surface area contributed by atoms with Gasteiger partial charge in [-0.2, -0.15) is 0 Å². The summed E-state index contributed by atoms with van der Waals surface area (Å²) in [5.74, 6) is 0.960. The Morgan fingerprint density at radius 2 is 1.74 bits per heavy atom. The SMILES string of the molecule is CCC(c1nc2ccccc2c(=O)n1-c1ccc(C)c(C)c1)N(CCN(C)C)C(=O)CC(C)C. The van der Waals surface area contributed by atoms with Crippen LogP contribution < -0.4 is 5.56 Å². The number of likely N-dealkylation sites (N-methyl/N-ethyl adjacent to an activating group) is 1. The molecular formula is C28H38N4O2. The third kappa shape index (κ3) is 5.55. The maximum atomic E-state index is 13.8. The molecule has 6 nitrogen and oxygen atoms in total. The van der Waals surface area contributed by atoms with E-state index in [1.807, 2.05) is 68.4 Å². The lowest BCUT2D eigenvalue weighted by molar-refractivity contribution is -0.135. The Kier molecular flexibility index (Phi) is 8.26. The first-order valence-electron chi connectivity index (χ1n) is 12.2. The molecule has 182 valence electrons. The van der Waals surface area contributed by atoms with Crippen LogP contribution in [0.15, 0.2) is 47.3 Å². The predicted molar refractivity (Wildman–Crippen MR) is 140 cm³/mol. The molecule has 1 atom stereocenters. The molecule has 1 aromatic heterocycles. The number of benzene rings is 2. The van der Waals surface area contributed by atoms with Crippen molar-refractivity contribution in [1.82, 2.24) is 19.4 Å². The molecule has 3 aromatic rings. The van der Waals surface area contributed by atoms with Crippen molar-refractivity contribution in [3.8, 4) is 5.69 Å². The fraction of sp³-hybridized carbons (Fsp3) is 0.464. The van der Waals surface area contributed by atoms with Crippen LogP contribution in [0.2, 0.25) is 0 Å². The number of rotatable bonds is 9. The molecule has 1 heterocycles. The topological polar surface area (TPSA) is 58.4 Å². The second kappa shape index (κ2) is 11.0. The van der Waals surface area contributed by atoms with Gasteiger partial charge in [0.2, 0.25) is 5.91 Å². The molecular weight excluding hydrogens is 424 g/mol. The van der Waals surface area contributed by atoms with E-state index in [-0.39, 0.29) is 23.4 Å². The Labute approximate surface area is 203 Å². The van der Waals surface area contributed by atoms with Crippen LogP contribution in [-0.2, 0) is 4.79 Å². The van der Waals surface area contributed by atoms with E-state index in [0.29, 0.717) is 36.1 Å². The summed E-state index contributed by atoms with van der Waals surface area (Å²) in [4.78, 5) is 36.2. The number of hydrogen-bond acceptors (Lipinski definition) is 4. The predicted octanol–water partition coefficient (Wildman–Crippen LogP) is 4.89. The van der Waals surface area contributed by atoms with E-state index in [2.05, 4.69) is 32.6 Å². The number of amides is 1. The Bertz CT molecular complexity index is 1210. The summed E-state index contributed by atoms with van der Waals surface area (Å²) in [6.45, 7) is 11.6. The van der Waals surface area contributed by atoms with Gasteiger partial charge in [0.15, 0.2) is 0 Å². The molecule has 0 saturated carbocycles. The molecule has 0 aliphatic carbocycles. The minimum Gasteiger partial charge on any atom is -0.331 e. The highest BCUT2D eigenvalue weighted by Gasteiger charge is 2.29. The zero-order chi connectivity index (χ0) is 25.0. The maximum Gasteiger partial charge on any atom is 0.266 e. The number of aromatic nitrogens is 2. The van der Waals surface area contributed by atoms with E-state index < -0.39 is 0 Å². The van der Waals surface area contributed by atoms with Gasteiger partial charge in [-0.3, -0.25) is 14.2 Å². The molecule has 34 heavy (non-hydrogen) atoms. The van der Waals surface area contributed by atoms with Gasteiger partial charge in [-0.1, -0.05) is 39.0 Å². The Hall–Kier alpha value is -2.99. The lowest BCUT2D eigenvalue weighted by Gasteiger charge is -2.33. The average Bonchev–Trinajstić information content (AvgIpc) is 2.78. The number of para-hydroxylation sites is 1. The van der Waals surface area contributed by atoms with Crippen molar-refractivity contribution in [2.45, 2.75) is 53.5 Å². The van der Waals surface area contributed by atoms with Gasteiger partial charge in [0, 0.05) is 19.5 Å². The monoisotopic (exact) mass is 462 g/mol. The summed E-state index contributed by atoms with van der Waals surface area (Å²) < 4.78 is 1.72. The summed E-state index contributed by atoms with van der Waals surface area (Å²) in [7, 11) is 4.01. The first kappa shape index (κ1) is 25.6. The maximum absolute atomic E-state index is 13.8. The van der Waals surface area contributed by atoms with Gasteiger partial charge in [-0.25, -0.2) is 4.98 Å². The summed E-state index contributed by atoms with van der Waals surface area (Å²) in [6.07, 6.45) is 1.12. The molecule has 6 heteroatoms. The van der Waals surface area contributed by atoms with Crippen LogP contribution in [0.1, 0.15) is 56.6 Å². The van der Waals surface area contributed by atoms with E-state index >= 15 is 0 Å². The minimum atomic E-state index is -0.315. The van der Waals surface area contributed by atoms with Gasteiger partial charge in [-0.05, 0) is 75.7 Å². The third-order valence-electron chi connectivity index (χ3n) is 6.30. The highest BCUT2D eigenvalue weighted by molar-refractivity contribution is 5.79.